The number of carbonyl (C=O) groups is 2. The molecule has 5 heteroatoms. The molecule has 2 amide bonds. The van der Waals surface area contributed by atoms with Crippen LogP contribution in [0.5, 0.6) is 0 Å². The molecule has 1 saturated heterocycles. The molecule has 4 rings (SSSR count). The number of rotatable bonds is 2. The number of benzene rings is 1. The van der Waals surface area contributed by atoms with Crippen molar-refractivity contribution < 1.29 is 14.3 Å². The summed E-state index contributed by atoms with van der Waals surface area (Å²) in [6.07, 6.45) is 12.3. The van der Waals surface area contributed by atoms with E-state index in [0.29, 0.717) is 13.1 Å². The quantitative estimate of drug-likeness (QED) is 0.693. The number of nitrogens with zero attached hydrogens (tertiary/aromatic N) is 1. The molecule has 0 atom stereocenters. The van der Waals surface area contributed by atoms with Crippen molar-refractivity contribution in [2.24, 2.45) is 0 Å². The zero-order valence-electron chi connectivity index (χ0n) is 19.2. The highest BCUT2D eigenvalue weighted by molar-refractivity contribution is 5.92. The van der Waals surface area contributed by atoms with Crippen molar-refractivity contribution in [1.82, 2.24) is 10.2 Å². The summed E-state index contributed by atoms with van der Waals surface area (Å²) in [5.74, 6) is -0.0692. The molecule has 1 fully saturated rings. The van der Waals surface area contributed by atoms with Gasteiger partial charge in [0.05, 0.1) is 0 Å². The molecule has 5 nitrogen and oxygen atoms in total. The van der Waals surface area contributed by atoms with Crippen molar-refractivity contribution in [3.63, 3.8) is 0 Å². The summed E-state index contributed by atoms with van der Waals surface area (Å²) in [5.41, 5.74) is 7.43. The Balaban J connectivity index is 1.49. The molecular weight excluding hydrogens is 400 g/mol. The third-order valence-corrected chi connectivity index (χ3v) is 6.03. The Bertz CT molecular complexity index is 1030. The van der Waals surface area contributed by atoms with Gasteiger partial charge in [-0.25, -0.2) is 4.79 Å². The Morgan fingerprint density at radius 2 is 1.78 bits per heavy atom. The highest BCUT2D eigenvalue weighted by Gasteiger charge is 2.26. The van der Waals surface area contributed by atoms with Gasteiger partial charge < -0.3 is 15.0 Å². The average Bonchev–Trinajstić information content (AvgIpc) is 2.93. The number of likely N-dealkylation sites (tertiary alicyclic amines) is 1. The standard InChI is InChI=1S/C27H32N2O3/c1-27(2,3)32-26(31)28-18-24(30)29-16-14-21(15-17-29)25-22-10-6-4-8-19(22)12-13-20-9-5-7-11-23(20)25/h4,6-8,10-13H,5,9,14-18H2,1-3H3,(H,28,31). The highest BCUT2D eigenvalue weighted by atomic mass is 16.6. The molecule has 3 aliphatic rings. The Labute approximate surface area is 190 Å². The number of carbonyl (C=O) groups excluding carboxylic acids is 2. The number of alkyl carbamates (subject to hydrolysis) is 1. The van der Waals surface area contributed by atoms with Crippen LogP contribution >= 0.6 is 0 Å². The van der Waals surface area contributed by atoms with E-state index in [0.717, 1.165) is 25.7 Å². The Kier molecular flexibility index (Phi) is 6.35. The average molecular weight is 433 g/mol. The van der Waals surface area contributed by atoms with Crippen LogP contribution in [0.3, 0.4) is 0 Å². The molecule has 1 heterocycles. The second-order valence-electron chi connectivity index (χ2n) is 9.52. The van der Waals surface area contributed by atoms with E-state index < -0.39 is 11.7 Å². The minimum Gasteiger partial charge on any atom is -0.444 e. The predicted molar refractivity (Wildman–Crippen MR) is 128 cm³/mol. The molecule has 168 valence electrons. The molecule has 1 aliphatic heterocycles. The van der Waals surface area contributed by atoms with Gasteiger partial charge in [0.25, 0.3) is 0 Å². The predicted octanol–water partition coefficient (Wildman–Crippen LogP) is 5.26. The van der Waals surface area contributed by atoms with Crippen LogP contribution in [0.2, 0.25) is 0 Å². The minimum atomic E-state index is -0.579. The molecule has 2 aliphatic carbocycles. The number of hydrogen-bond acceptors (Lipinski definition) is 3. The van der Waals surface area contributed by atoms with Gasteiger partial charge in [-0.15, -0.1) is 0 Å². The van der Waals surface area contributed by atoms with Crippen LogP contribution in [-0.4, -0.2) is 42.1 Å². The zero-order valence-corrected chi connectivity index (χ0v) is 19.2. The highest BCUT2D eigenvalue weighted by Crippen LogP contribution is 2.41. The first-order valence-electron chi connectivity index (χ1n) is 11.5. The van der Waals surface area contributed by atoms with Gasteiger partial charge in [-0.05, 0) is 74.3 Å². The van der Waals surface area contributed by atoms with Gasteiger partial charge in [-0.1, -0.05) is 54.1 Å². The van der Waals surface area contributed by atoms with Gasteiger partial charge >= 0.3 is 6.09 Å². The Morgan fingerprint density at radius 1 is 1.03 bits per heavy atom. The van der Waals surface area contributed by atoms with Crippen LogP contribution in [-0.2, 0) is 9.53 Å². The lowest BCUT2D eigenvalue weighted by molar-refractivity contribution is -0.130. The summed E-state index contributed by atoms with van der Waals surface area (Å²) in [6, 6.07) is 8.58. The van der Waals surface area contributed by atoms with Crippen LogP contribution in [0.25, 0.3) is 11.6 Å². The van der Waals surface area contributed by atoms with Gasteiger partial charge in [0.1, 0.15) is 12.1 Å². The van der Waals surface area contributed by atoms with E-state index in [1.165, 1.54) is 33.4 Å². The summed E-state index contributed by atoms with van der Waals surface area (Å²) >= 11 is 0. The number of hydrogen-bond donors (Lipinski definition) is 1. The first-order chi connectivity index (χ1) is 15.3. The summed E-state index contributed by atoms with van der Waals surface area (Å²) < 4.78 is 5.22. The minimum absolute atomic E-state index is 0.0361. The molecule has 1 aromatic carbocycles. The molecule has 0 saturated carbocycles. The lowest BCUT2D eigenvalue weighted by Gasteiger charge is -2.31. The van der Waals surface area contributed by atoms with Crippen molar-refractivity contribution in [2.45, 2.75) is 52.1 Å². The number of ether oxygens (including phenoxy) is 1. The SMILES string of the molecule is CC(C)(C)OC(=O)NCC(=O)N1CCC(=C2C3=C(C=Cc4ccccc42)CCC=C3)CC1. The molecule has 1 aromatic rings. The number of fused-ring (bicyclic) bond motifs is 1. The van der Waals surface area contributed by atoms with Crippen molar-refractivity contribution in [3.8, 4) is 0 Å². The summed E-state index contributed by atoms with van der Waals surface area (Å²) in [7, 11) is 0. The smallest absolute Gasteiger partial charge is 0.408 e. The van der Waals surface area contributed by atoms with Crippen LogP contribution < -0.4 is 5.32 Å². The Morgan fingerprint density at radius 3 is 2.53 bits per heavy atom. The maximum atomic E-state index is 12.6. The maximum Gasteiger partial charge on any atom is 0.408 e. The van der Waals surface area contributed by atoms with Gasteiger partial charge in [0.15, 0.2) is 0 Å². The van der Waals surface area contributed by atoms with E-state index >= 15 is 0 Å². The third-order valence-electron chi connectivity index (χ3n) is 6.03. The Hall–Kier alpha value is -3.08. The summed E-state index contributed by atoms with van der Waals surface area (Å²) in [4.78, 5) is 26.3. The van der Waals surface area contributed by atoms with E-state index in [9.17, 15) is 9.59 Å². The summed E-state index contributed by atoms with van der Waals surface area (Å²) in [5, 5.41) is 2.58. The van der Waals surface area contributed by atoms with Gasteiger partial charge in [0, 0.05) is 13.1 Å². The van der Waals surface area contributed by atoms with E-state index in [1.807, 2.05) is 4.90 Å². The number of piperidine rings is 1. The third kappa shape index (κ3) is 5.04. The molecule has 0 aromatic heterocycles. The molecule has 0 unspecified atom stereocenters. The summed E-state index contributed by atoms with van der Waals surface area (Å²) in [6.45, 7) is 6.70. The maximum absolute atomic E-state index is 12.6. The zero-order chi connectivity index (χ0) is 22.7. The van der Waals surface area contributed by atoms with Gasteiger partial charge in [-0.2, -0.15) is 0 Å². The van der Waals surface area contributed by atoms with E-state index in [-0.39, 0.29) is 12.5 Å². The molecular formula is C27H32N2O3. The van der Waals surface area contributed by atoms with Crippen LogP contribution in [0.15, 0.2) is 59.2 Å². The topological polar surface area (TPSA) is 58.6 Å². The fraction of sp³-hybridized carbons (Fsp3) is 0.407. The van der Waals surface area contributed by atoms with E-state index in [1.54, 1.807) is 20.8 Å². The van der Waals surface area contributed by atoms with Crippen molar-refractivity contribution in [2.75, 3.05) is 19.6 Å². The lowest BCUT2D eigenvalue weighted by Crippen LogP contribution is -2.44. The van der Waals surface area contributed by atoms with Crippen molar-refractivity contribution in [3.05, 3.63) is 70.3 Å². The van der Waals surface area contributed by atoms with Crippen molar-refractivity contribution in [1.29, 1.82) is 0 Å². The first kappa shape index (κ1) is 22.1. The second-order valence-corrected chi connectivity index (χ2v) is 9.52. The molecule has 0 radical (unpaired) electrons. The number of allylic oxidation sites excluding steroid dienone is 6. The lowest BCUT2D eigenvalue weighted by atomic mass is 9.83. The molecule has 0 spiro atoms. The fourth-order valence-corrected chi connectivity index (χ4v) is 4.53. The molecule has 0 bridgehead atoms. The number of nitrogens with one attached hydrogen (secondary N) is 1. The van der Waals surface area contributed by atoms with Crippen molar-refractivity contribution >= 4 is 23.6 Å². The van der Waals surface area contributed by atoms with Crippen LogP contribution in [0.1, 0.15) is 57.6 Å². The van der Waals surface area contributed by atoms with Crippen LogP contribution in [0.4, 0.5) is 4.79 Å². The number of amides is 2. The van der Waals surface area contributed by atoms with Gasteiger partial charge in [0.2, 0.25) is 5.91 Å². The molecule has 1 N–H and O–H groups in total. The fourth-order valence-electron chi connectivity index (χ4n) is 4.53. The van der Waals surface area contributed by atoms with Crippen LogP contribution in [0, 0.1) is 0 Å². The van der Waals surface area contributed by atoms with Gasteiger partial charge in [-0.3, -0.25) is 4.79 Å². The first-order valence-corrected chi connectivity index (χ1v) is 11.5. The second kappa shape index (κ2) is 9.19. The van der Waals surface area contributed by atoms with E-state index in [4.69, 9.17) is 4.74 Å². The largest absolute Gasteiger partial charge is 0.444 e. The monoisotopic (exact) mass is 432 g/mol. The molecule has 32 heavy (non-hydrogen) atoms. The van der Waals surface area contributed by atoms with E-state index in [2.05, 4.69) is 53.9 Å². The normalized spacial score (nSPS) is 18.2.